The number of amides is 2. The number of carbonyl (C=O) groups is 2. The maximum Gasteiger partial charge on any atom is 0.234 e. The zero-order chi connectivity index (χ0) is 16.2. The summed E-state index contributed by atoms with van der Waals surface area (Å²) in [4.78, 5) is 24.7. The number of rotatable bonds is 4. The lowest BCUT2D eigenvalue weighted by atomic mass is 10.1. The molecule has 2 aromatic carbocycles. The molecule has 5 heteroatoms. The Bertz CT molecular complexity index is 741. The fraction of sp³-hybridized carbons (Fsp3) is 0.222. The predicted molar refractivity (Wildman–Crippen MR) is 93.9 cm³/mol. The molecule has 3 rings (SSSR count). The van der Waals surface area contributed by atoms with Crippen molar-refractivity contribution in [2.75, 3.05) is 16.4 Å². The second-order valence-electron chi connectivity index (χ2n) is 5.44. The molecule has 1 heterocycles. The maximum atomic E-state index is 12.2. The quantitative estimate of drug-likeness (QED) is 0.904. The number of benzene rings is 2. The van der Waals surface area contributed by atoms with Crippen LogP contribution in [-0.4, -0.2) is 17.6 Å². The molecular weight excluding hydrogens is 308 g/mol. The number of hydrogen-bond donors (Lipinski definition) is 2. The highest BCUT2D eigenvalue weighted by Gasteiger charge is 2.16. The van der Waals surface area contributed by atoms with Crippen molar-refractivity contribution < 1.29 is 9.59 Å². The van der Waals surface area contributed by atoms with Crippen molar-refractivity contribution in [1.29, 1.82) is 0 Å². The molecule has 0 bridgehead atoms. The largest absolute Gasteiger partial charge is 0.326 e. The van der Waals surface area contributed by atoms with E-state index >= 15 is 0 Å². The van der Waals surface area contributed by atoms with Gasteiger partial charge in [0.15, 0.2) is 0 Å². The average molecular weight is 326 g/mol. The smallest absolute Gasteiger partial charge is 0.234 e. The third-order valence-corrected chi connectivity index (χ3v) is 4.76. The van der Waals surface area contributed by atoms with Gasteiger partial charge in [-0.1, -0.05) is 25.1 Å². The van der Waals surface area contributed by atoms with Gasteiger partial charge in [0.05, 0.1) is 17.9 Å². The summed E-state index contributed by atoms with van der Waals surface area (Å²) in [5, 5.41) is 5.74. The molecule has 118 valence electrons. The molecule has 0 fully saturated rings. The molecule has 0 radical (unpaired) electrons. The maximum absolute atomic E-state index is 12.2. The van der Waals surface area contributed by atoms with Crippen LogP contribution in [0, 0.1) is 0 Å². The van der Waals surface area contributed by atoms with Crippen molar-refractivity contribution in [3.05, 3.63) is 53.6 Å². The average Bonchev–Trinajstić information content (AvgIpc) is 2.55. The van der Waals surface area contributed by atoms with E-state index in [4.69, 9.17) is 0 Å². The van der Waals surface area contributed by atoms with Gasteiger partial charge in [-0.05, 0) is 41.8 Å². The molecule has 4 nitrogen and oxygen atoms in total. The van der Waals surface area contributed by atoms with Gasteiger partial charge in [0.25, 0.3) is 0 Å². The van der Waals surface area contributed by atoms with E-state index in [0.717, 1.165) is 28.3 Å². The lowest BCUT2D eigenvalue weighted by Crippen LogP contribution is -2.19. The zero-order valence-corrected chi connectivity index (χ0v) is 13.7. The molecule has 0 aliphatic carbocycles. The number of anilines is 2. The molecule has 0 atom stereocenters. The summed E-state index contributed by atoms with van der Waals surface area (Å²) in [6, 6.07) is 13.6. The summed E-state index contributed by atoms with van der Waals surface area (Å²) in [7, 11) is 0. The van der Waals surface area contributed by atoms with Crippen LogP contribution in [-0.2, 0) is 22.4 Å². The van der Waals surface area contributed by atoms with Crippen molar-refractivity contribution >= 4 is 35.0 Å². The summed E-state index contributed by atoms with van der Waals surface area (Å²) >= 11 is 1.52. The Labute approximate surface area is 139 Å². The highest BCUT2D eigenvalue weighted by molar-refractivity contribution is 8.00. The molecule has 2 N–H and O–H groups in total. The third-order valence-electron chi connectivity index (χ3n) is 3.69. The molecule has 0 aromatic heterocycles. The Morgan fingerprint density at radius 3 is 2.65 bits per heavy atom. The highest BCUT2D eigenvalue weighted by Crippen LogP contribution is 2.32. The molecular formula is C18H18N2O2S. The fourth-order valence-corrected chi connectivity index (χ4v) is 3.24. The first-order valence-corrected chi connectivity index (χ1v) is 8.57. The predicted octanol–water partition coefficient (Wildman–Crippen LogP) is 3.47. The summed E-state index contributed by atoms with van der Waals surface area (Å²) in [6.07, 6.45) is 1.26. The van der Waals surface area contributed by atoms with E-state index in [1.54, 1.807) is 0 Å². The van der Waals surface area contributed by atoms with Crippen LogP contribution in [0.1, 0.15) is 18.1 Å². The Morgan fingerprint density at radius 2 is 1.91 bits per heavy atom. The topological polar surface area (TPSA) is 58.2 Å². The van der Waals surface area contributed by atoms with Crippen LogP contribution >= 0.6 is 11.8 Å². The summed E-state index contributed by atoms with van der Waals surface area (Å²) in [5.41, 5.74) is 3.72. The van der Waals surface area contributed by atoms with Gasteiger partial charge in [-0.25, -0.2) is 0 Å². The van der Waals surface area contributed by atoms with Gasteiger partial charge in [-0.15, -0.1) is 11.8 Å². The molecule has 2 amide bonds. The number of thioether (sulfide) groups is 1. The van der Waals surface area contributed by atoms with Crippen LogP contribution in [0.15, 0.2) is 47.4 Å². The Kier molecular flexibility index (Phi) is 4.67. The normalized spacial score (nSPS) is 13.2. The van der Waals surface area contributed by atoms with E-state index in [2.05, 4.69) is 17.6 Å². The van der Waals surface area contributed by atoms with Crippen molar-refractivity contribution in [3.63, 3.8) is 0 Å². The monoisotopic (exact) mass is 326 g/mol. The molecule has 0 unspecified atom stereocenters. The lowest BCUT2D eigenvalue weighted by Gasteiger charge is -2.17. The molecule has 1 aliphatic rings. The van der Waals surface area contributed by atoms with Crippen LogP contribution in [0.5, 0.6) is 0 Å². The van der Waals surface area contributed by atoms with Crippen LogP contribution in [0.3, 0.4) is 0 Å². The number of aryl methyl sites for hydroxylation is 1. The van der Waals surface area contributed by atoms with Crippen molar-refractivity contribution in [3.8, 4) is 0 Å². The van der Waals surface area contributed by atoms with Crippen LogP contribution in [0.4, 0.5) is 11.4 Å². The van der Waals surface area contributed by atoms with E-state index in [1.807, 2.05) is 42.5 Å². The minimum Gasteiger partial charge on any atom is -0.326 e. The van der Waals surface area contributed by atoms with Gasteiger partial charge in [0.1, 0.15) is 0 Å². The molecule has 0 saturated carbocycles. The lowest BCUT2D eigenvalue weighted by molar-refractivity contribution is -0.115. The third kappa shape index (κ3) is 3.93. The first-order chi connectivity index (χ1) is 11.1. The van der Waals surface area contributed by atoms with E-state index < -0.39 is 0 Å². The second kappa shape index (κ2) is 6.87. The van der Waals surface area contributed by atoms with Gasteiger partial charge in [-0.2, -0.15) is 0 Å². The minimum absolute atomic E-state index is 0.000107. The Morgan fingerprint density at radius 1 is 1.17 bits per heavy atom. The van der Waals surface area contributed by atoms with Gasteiger partial charge in [0.2, 0.25) is 11.8 Å². The minimum atomic E-state index is -0.0658. The molecule has 23 heavy (non-hydrogen) atoms. The first kappa shape index (κ1) is 15.6. The van der Waals surface area contributed by atoms with Crippen molar-refractivity contribution in [1.82, 2.24) is 0 Å². The van der Waals surface area contributed by atoms with Gasteiger partial charge in [-0.3, -0.25) is 9.59 Å². The van der Waals surface area contributed by atoms with E-state index in [0.29, 0.717) is 5.75 Å². The molecule has 2 aromatic rings. The number of nitrogens with one attached hydrogen (secondary N) is 2. The van der Waals surface area contributed by atoms with Gasteiger partial charge >= 0.3 is 0 Å². The summed E-state index contributed by atoms with van der Waals surface area (Å²) in [6.45, 7) is 2.10. The fourth-order valence-electron chi connectivity index (χ4n) is 2.45. The summed E-state index contributed by atoms with van der Waals surface area (Å²) in [5.74, 6) is 0.379. The number of hydrogen-bond acceptors (Lipinski definition) is 3. The van der Waals surface area contributed by atoms with E-state index in [9.17, 15) is 9.59 Å². The van der Waals surface area contributed by atoms with Gasteiger partial charge < -0.3 is 10.6 Å². The Balaban J connectivity index is 1.65. The summed E-state index contributed by atoms with van der Waals surface area (Å²) < 4.78 is 0. The first-order valence-electron chi connectivity index (χ1n) is 7.58. The zero-order valence-electron chi connectivity index (χ0n) is 12.9. The van der Waals surface area contributed by atoms with Crippen LogP contribution in [0.25, 0.3) is 0 Å². The Hall–Kier alpha value is -2.27. The van der Waals surface area contributed by atoms with E-state index in [-0.39, 0.29) is 18.2 Å². The van der Waals surface area contributed by atoms with Crippen LogP contribution < -0.4 is 10.6 Å². The second-order valence-corrected chi connectivity index (χ2v) is 6.46. The van der Waals surface area contributed by atoms with E-state index in [1.165, 1.54) is 17.3 Å². The van der Waals surface area contributed by atoms with Crippen LogP contribution in [0.2, 0.25) is 0 Å². The molecule has 0 spiro atoms. The van der Waals surface area contributed by atoms with Gasteiger partial charge in [0, 0.05) is 10.6 Å². The van der Waals surface area contributed by atoms with Crippen molar-refractivity contribution in [2.45, 2.75) is 24.7 Å². The highest BCUT2D eigenvalue weighted by atomic mass is 32.2. The standard InChI is InChI=1S/C18H18N2O2S/c1-2-12-3-6-14(7-4-12)19-17(21)10-13-5-8-16-15(9-13)20-18(22)11-23-16/h3-9H,2,10-11H2,1H3,(H,19,21)(H,20,22). The number of fused-ring (bicyclic) bond motifs is 1. The SMILES string of the molecule is CCc1ccc(NC(=O)Cc2ccc3c(c2)NC(=O)CS3)cc1. The molecule has 0 saturated heterocycles. The number of carbonyl (C=O) groups excluding carboxylic acids is 2. The molecule has 1 aliphatic heterocycles. The van der Waals surface area contributed by atoms with Crippen molar-refractivity contribution in [2.24, 2.45) is 0 Å².